The van der Waals surface area contributed by atoms with Crippen LogP contribution in [0.15, 0.2) is 12.7 Å². The molecule has 3 N–H and O–H groups in total. The summed E-state index contributed by atoms with van der Waals surface area (Å²) in [6.07, 6.45) is 6.66. The van der Waals surface area contributed by atoms with Crippen LogP contribution in [-0.2, 0) is 4.79 Å². The molecule has 1 atom stereocenters. The Morgan fingerprint density at radius 2 is 2.33 bits per heavy atom. The predicted octanol–water partition coefficient (Wildman–Crippen LogP) is 1.59. The molecule has 0 spiro atoms. The Morgan fingerprint density at radius 1 is 1.67 bits per heavy atom. The van der Waals surface area contributed by atoms with Crippen molar-refractivity contribution >= 4 is 5.91 Å². The number of carbonyl (C=O) groups is 1. The van der Waals surface area contributed by atoms with E-state index in [1.807, 2.05) is 13.0 Å². The van der Waals surface area contributed by atoms with Crippen LogP contribution in [0.25, 0.3) is 0 Å². The molecule has 1 aliphatic carbocycles. The van der Waals surface area contributed by atoms with Crippen molar-refractivity contribution in [2.24, 2.45) is 11.1 Å². The Kier molecular flexibility index (Phi) is 4.33. The Bertz CT molecular complexity index is 228. The van der Waals surface area contributed by atoms with Gasteiger partial charge in [0.1, 0.15) is 0 Å². The molecule has 0 heterocycles. The highest BCUT2D eigenvalue weighted by Gasteiger charge is 2.37. The molecule has 1 rings (SSSR count). The van der Waals surface area contributed by atoms with Crippen LogP contribution in [0.4, 0.5) is 0 Å². The zero-order valence-electron chi connectivity index (χ0n) is 9.59. The number of hydrogen-bond acceptors (Lipinski definition) is 2. The third-order valence-corrected chi connectivity index (χ3v) is 3.31. The number of hydrogen-bond donors (Lipinski definition) is 2. The van der Waals surface area contributed by atoms with Crippen molar-refractivity contribution in [1.29, 1.82) is 0 Å². The lowest BCUT2D eigenvalue weighted by atomic mass is 9.66. The molecule has 0 saturated heterocycles. The summed E-state index contributed by atoms with van der Waals surface area (Å²) in [5, 5.41) is 2.97. The maximum Gasteiger partial charge on any atom is 0.220 e. The van der Waals surface area contributed by atoms with Gasteiger partial charge in [-0.05, 0) is 38.1 Å². The Morgan fingerprint density at radius 3 is 2.73 bits per heavy atom. The molecule has 0 aromatic carbocycles. The summed E-state index contributed by atoms with van der Waals surface area (Å²) in [6, 6.07) is 0.185. The summed E-state index contributed by atoms with van der Waals surface area (Å²) < 4.78 is 0. The maximum atomic E-state index is 11.7. The van der Waals surface area contributed by atoms with Gasteiger partial charge in [0, 0.05) is 12.5 Å². The van der Waals surface area contributed by atoms with Gasteiger partial charge in [-0.2, -0.15) is 0 Å². The third kappa shape index (κ3) is 3.34. The third-order valence-electron chi connectivity index (χ3n) is 3.31. The van der Waals surface area contributed by atoms with Crippen molar-refractivity contribution in [3.8, 4) is 0 Å². The van der Waals surface area contributed by atoms with Gasteiger partial charge in [0.25, 0.3) is 0 Å². The molecular formula is C12H22N2O. The van der Waals surface area contributed by atoms with Crippen LogP contribution < -0.4 is 11.1 Å². The Hall–Kier alpha value is -0.830. The number of amides is 1. The zero-order valence-corrected chi connectivity index (χ0v) is 9.59. The molecule has 3 nitrogen and oxygen atoms in total. The largest absolute Gasteiger partial charge is 0.353 e. The standard InChI is InChI=1S/C12H22N2O/c1-3-5-10(2)14-11(15)8-12(9-13)6-4-7-12/h3,10H,1,4-9,13H2,2H3,(H,14,15). The fraction of sp³-hybridized carbons (Fsp3) is 0.750. The van der Waals surface area contributed by atoms with E-state index in [-0.39, 0.29) is 17.4 Å². The maximum absolute atomic E-state index is 11.7. The summed E-state index contributed by atoms with van der Waals surface area (Å²) in [4.78, 5) is 11.7. The van der Waals surface area contributed by atoms with E-state index in [9.17, 15) is 4.79 Å². The summed E-state index contributed by atoms with van der Waals surface area (Å²) in [5.74, 6) is 0.134. The van der Waals surface area contributed by atoms with E-state index < -0.39 is 0 Å². The number of nitrogens with one attached hydrogen (secondary N) is 1. The SMILES string of the molecule is C=CCC(C)NC(=O)CC1(CN)CCC1. The van der Waals surface area contributed by atoms with Crippen LogP contribution >= 0.6 is 0 Å². The van der Waals surface area contributed by atoms with E-state index in [4.69, 9.17) is 5.73 Å². The predicted molar refractivity (Wildman–Crippen MR) is 62.4 cm³/mol. The van der Waals surface area contributed by atoms with Crippen molar-refractivity contribution in [2.75, 3.05) is 6.54 Å². The monoisotopic (exact) mass is 210 g/mol. The minimum Gasteiger partial charge on any atom is -0.353 e. The molecule has 1 unspecified atom stereocenters. The van der Waals surface area contributed by atoms with Crippen LogP contribution in [0.3, 0.4) is 0 Å². The highest BCUT2D eigenvalue weighted by atomic mass is 16.1. The topological polar surface area (TPSA) is 55.1 Å². The van der Waals surface area contributed by atoms with E-state index in [0.717, 1.165) is 19.3 Å². The fourth-order valence-electron chi connectivity index (χ4n) is 2.11. The lowest BCUT2D eigenvalue weighted by molar-refractivity contribution is -0.125. The number of rotatable bonds is 6. The molecule has 0 bridgehead atoms. The van der Waals surface area contributed by atoms with Gasteiger partial charge in [-0.1, -0.05) is 12.5 Å². The fourth-order valence-corrected chi connectivity index (χ4v) is 2.11. The molecule has 1 aliphatic rings. The minimum atomic E-state index is 0.109. The normalized spacial score (nSPS) is 20.1. The van der Waals surface area contributed by atoms with Crippen LogP contribution in [-0.4, -0.2) is 18.5 Å². The van der Waals surface area contributed by atoms with E-state index in [0.29, 0.717) is 13.0 Å². The van der Waals surface area contributed by atoms with Gasteiger partial charge in [-0.15, -0.1) is 6.58 Å². The zero-order chi connectivity index (χ0) is 11.3. The van der Waals surface area contributed by atoms with Gasteiger partial charge in [0.2, 0.25) is 5.91 Å². The molecule has 1 saturated carbocycles. The number of carbonyl (C=O) groups excluding carboxylic acids is 1. The lowest BCUT2D eigenvalue weighted by Gasteiger charge is -2.40. The van der Waals surface area contributed by atoms with Crippen molar-refractivity contribution in [3.05, 3.63) is 12.7 Å². The average Bonchev–Trinajstić information content (AvgIpc) is 2.11. The summed E-state index contributed by atoms with van der Waals surface area (Å²) in [7, 11) is 0. The highest BCUT2D eigenvalue weighted by Crippen LogP contribution is 2.42. The second-order valence-corrected chi connectivity index (χ2v) is 4.73. The second-order valence-electron chi connectivity index (χ2n) is 4.73. The summed E-state index contributed by atoms with van der Waals surface area (Å²) in [5.41, 5.74) is 5.82. The van der Waals surface area contributed by atoms with Gasteiger partial charge in [-0.3, -0.25) is 4.79 Å². The smallest absolute Gasteiger partial charge is 0.220 e. The van der Waals surface area contributed by atoms with Crippen molar-refractivity contribution < 1.29 is 4.79 Å². The molecule has 0 aromatic rings. The van der Waals surface area contributed by atoms with Crippen LogP contribution in [0.2, 0.25) is 0 Å². The Balaban J connectivity index is 2.31. The van der Waals surface area contributed by atoms with E-state index in [1.54, 1.807) is 0 Å². The van der Waals surface area contributed by atoms with Crippen LogP contribution in [0, 0.1) is 5.41 Å². The minimum absolute atomic E-state index is 0.109. The van der Waals surface area contributed by atoms with Gasteiger partial charge in [0.15, 0.2) is 0 Å². The first-order chi connectivity index (χ1) is 7.12. The van der Waals surface area contributed by atoms with Crippen molar-refractivity contribution in [3.63, 3.8) is 0 Å². The van der Waals surface area contributed by atoms with E-state index in [2.05, 4.69) is 11.9 Å². The molecule has 15 heavy (non-hydrogen) atoms. The first-order valence-corrected chi connectivity index (χ1v) is 5.72. The first-order valence-electron chi connectivity index (χ1n) is 5.72. The van der Waals surface area contributed by atoms with Gasteiger partial charge in [-0.25, -0.2) is 0 Å². The van der Waals surface area contributed by atoms with Gasteiger partial charge in [0.05, 0.1) is 0 Å². The quantitative estimate of drug-likeness (QED) is 0.654. The number of nitrogens with two attached hydrogens (primary N) is 1. The lowest BCUT2D eigenvalue weighted by Crippen LogP contribution is -2.43. The van der Waals surface area contributed by atoms with Crippen molar-refractivity contribution in [2.45, 2.75) is 45.1 Å². The first kappa shape index (κ1) is 12.2. The summed E-state index contributed by atoms with van der Waals surface area (Å²) in [6.45, 7) is 6.29. The van der Waals surface area contributed by atoms with Gasteiger partial charge >= 0.3 is 0 Å². The molecule has 0 radical (unpaired) electrons. The highest BCUT2D eigenvalue weighted by molar-refractivity contribution is 5.77. The van der Waals surface area contributed by atoms with Gasteiger partial charge < -0.3 is 11.1 Å². The van der Waals surface area contributed by atoms with E-state index in [1.165, 1.54) is 6.42 Å². The second kappa shape index (κ2) is 5.31. The molecular weight excluding hydrogens is 188 g/mol. The molecule has 1 amide bonds. The van der Waals surface area contributed by atoms with E-state index >= 15 is 0 Å². The van der Waals surface area contributed by atoms with Crippen LogP contribution in [0.1, 0.15) is 39.0 Å². The average molecular weight is 210 g/mol. The van der Waals surface area contributed by atoms with Crippen LogP contribution in [0.5, 0.6) is 0 Å². The molecule has 0 aliphatic heterocycles. The van der Waals surface area contributed by atoms with Crippen molar-refractivity contribution in [1.82, 2.24) is 5.32 Å². The molecule has 0 aromatic heterocycles. The molecule has 3 heteroatoms. The Labute approximate surface area is 92.1 Å². The molecule has 1 fully saturated rings. The molecule has 86 valence electrons. The summed E-state index contributed by atoms with van der Waals surface area (Å²) >= 11 is 0.